The average Bonchev–Trinajstić information content (AvgIpc) is 2.00. The predicted molar refractivity (Wildman–Crippen MR) is 58.0 cm³/mol. The van der Waals surface area contributed by atoms with Crippen LogP contribution in [0, 0.1) is 0 Å². The Balaban J connectivity index is -0.0000000369. The van der Waals surface area contributed by atoms with Gasteiger partial charge in [0.1, 0.15) is 0 Å². The van der Waals surface area contributed by atoms with Gasteiger partial charge in [0.2, 0.25) is 0 Å². The zero-order valence-corrected chi connectivity index (χ0v) is 13.3. The summed E-state index contributed by atoms with van der Waals surface area (Å²) >= 11 is 0. The smallest absolute Gasteiger partial charge is 0.300 e. The number of hydrogen-bond acceptors (Lipinski definition) is 5. The Morgan fingerprint density at radius 1 is 0.765 bits per heavy atom. The summed E-state index contributed by atoms with van der Waals surface area (Å²) in [6.45, 7) is 4.44. The summed E-state index contributed by atoms with van der Waals surface area (Å²) in [5.74, 6) is -2.50. The minimum Gasteiger partial charge on any atom is -0.481 e. The molecule has 0 saturated carbocycles. The van der Waals surface area contributed by atoms with Crippen molar-refractivity contribution in [2.75, 3.05) is 13.1 Å². The van der Waals surface area contributed by atoms with E-state index in [-0.39, 0.29) is 19.5 Å². The molecule has 0 aromatic heterocycles. The molecule has 0 aliphatic heterocycles. The van der Waals surface area contributed by atoms with Crippen molar-refractivity contribution in [3.05, 3.63) is 0 Å². The van der Waals surface area contributed by atoms with Crippen molar-refractivity contribution >= 4 is 17.9 Å². The van der Waals surface area contributed by atoms with Gasteiger partial charge in [-0.25, -0.2) is 0 Å². The molecule has 0 amide bonds. The van der Waals surface area contributed by atoms with E-state index < -0.39 is 17.9 Å². The van der Waals surface area contributed by atoms with Gasteiger partial charge in [0, 0.05) is 53.3 Å². The van der Waals surface area contributed by atoms with E-state index in [0.717, 1.165) is 20.8 Å². The summed E-state index contributed by atoms with van der Waals surface area (Å²) in [7, 11) is 0. The Kier molecular flexibility index (Phi) is 51.4. The van der Waals surface area contributed by atoms with Gasteiger partial charge in [-0.3, -0.25) is 14.4 Å². The quantitative estimate of drug-likeness (QED) is 0.392. The van der Waals surface area contributed by atoms with Crippen LogP contribution in [0.1, 0.15) is 20.8 Å². The summed E-state index contributed by atoms with van der Waals surface area (Å²) in [5.41, 5.74) is 9.81. The van der Waals surface area contributed by atoms with Crippen molar-refractivity contribution < 1.29 is 49.2 Å². The van der Waals surface area contributed by atoms with Gasteiger partial charge in [0.05, 0.1) is 0 Å². The Hall–Kier alpha value is -1.05. The maximum Gasteiger partial charge on any atom is 0.300 e. The van der Waals surface area contributed by atoms with Gasteiger partial charge in [0.15, 0.2) is 0 Å². The van der Waals surface area contributed by atoms with Crippen LogP contribution in [-0.2, 0) is 33.9 Å². The molecular formula is C8H20N2O6Zn. The summed E-state index contributed by atoms with van der Waals surface area (Å²) in [4.78, 5) is 27.0. The van der Waals surface area contributed by atoms with Gasteiger partial charge in [-0.15, -0.1) is 0 Å². The number of carbonyl (C=O) groups is 3. The molecule has 8 nitrogen and oxygen atoms in total. The summed E-state index contributed by atoms with van der Waals surface area (Å²) in [5, 5.41) is 22.2. The number of hydrogen-bond donors (Lipinski definition) is 5. The molecule has 9 heteroatoms. The molecule has 0 rings (SSSR count). The molecule has 0 aliphatic rings. The average molecular weight is 306 g/mol. The van der Waals surface area contributed by atoms with Crippen molar-refractivity contribution in [3.63, 3.8) is 0 Å². The van der Waals surface area contributed by atoms with Crippen molar-refractivity contribution in [2.24, 2.45) is 11.5 Å². The van der Waals surface area contributed by atoms with Crippen molar-refractivity contribution in [1.29, 1.82) is 0 Å². The molecule has 7 N–H and O–H groups in total. The fourth-order valence-corrected chi connectivity index (χ4v) is 0. The summed E-state index contributed by atoms with van der Waals surface area (Å²) < 4.78 is 0. The molecule has 0 spiro atoms. The number of nitrogens with two attached hydrogens (primary N) is 2. The minimum atomic E-state index is -0.833. The molecule has 0 aromatic rings. The zero-order valence-electron chi connectivity index (χ0n) is 10.3. The first kappa shape index (κ1) is 29.7. The standard InChI is InChI=1S/C2H8N2.3C2H4O2.Zn/c3-1-2-4;3*1-2(3)4;/h1-4H2;3*1H3,(H,3,4);. The van der Waals surface area contributed by atoms with E-state index >= 15 is 0 Å². The molecule has 0 heterocycles. The van der Waals surface area contributed by atoms with E-state index in [4.69, 9.17) is 41.2 Å². The number of aliphatic carboxylic acids is 3. The molecule has 0 radical (unpaired) electrons. The van der Waals surface area contributed by atoms with Crippen LogP contribution in [0.15, 0.2) is 0 Å². The Labute approximate surface area is 113 Å². The van der Waals surface area contributed by atoms with Gasteiger partial charge < -0.3 is 26.8 Å². The predicted octanol–water partition coefficient (Wildman–Crippen LogP) is -0.826. The number of carboxylic acids is 3. The maximum atomic E-state index is 9.00. The van der Waals surface area contributed by atoms with Gasteiger partial charge >= 0.3 is 0 Å². The largest absolute Gasteiger partial charge is 0.481 e. The Morgan fingerprint density at radius 3 is 0.824 bits per heavy atom. The SMILES string of the molecule is CC(=O)O.CC(=O)O.CC(=O)O.NCCN.[Zn]. The van der Waals surface area contributed by atoms with E-state index in [9.17, 15) is 0 Å². The van der Waals surface area contributed by atoms with Crippen molar-refractivity contribution in [2.45, 2.75) is 20.8 Å². The molecule has 0 atom stereocenters. The third-order valence-corrected chi connectivity index (χ3v) is 0.167. The second kappa shape index (κ2) is 29.4. The molecule has 100 valence electrons. The van der Waals surface area contributed by atoms with E-state index in [2.05, 4.69) is 0 Å². The fraction of sp³-hybridized carbons (Fsp3) is 0.625. The summed E-state index contributed by atoms with van der Waals surface area (Å²) in [6, 6.07) is 0. The van der Waals surface area contributed by atoms with Crippen molar-refractivity contribution in [1.82, 2.24) is 0 Å². The van der Waals surface area contributed by atoms with E-state index in [1.807, 2.05) is 0 Å². The first-order chi connectivity index (χ1) is 7.11. The van der Waals surface area contributed by atoms with Gasteiger partial charge in [-0.1, -0.05) is 0 Å². The third kappa shape index (κ3) is 1150000. The van der Waals surface area contributed by atoms with Crippen LogP contribution in [-0.4, -0.2) is 46.3 Å². The van der Waals surface area contributed by atoms with Crippen LogP contribution in [0.4, 0.5) is 0 Å². The monoisotopic (exact) mass is 304 g/mol. The second-order valence-corrected chi connectivity index (χ2v) is 2.13. The van der Waals surface area contributed by atoms with E-state index in [0.29, 0.717) is 13.1 Å². The van der Waals surface area contributed by atoms with Crippen LogP contribution in [0.25, 0.3) is 0 Å². The molecule has 0 aliphatic carbocycles. The normalized spacial score (nSPS) is 6.18. The molecule has 0 fully saturated rings. The first-order valence-corrected chi connectivity index (χ1v) is 4.10. The third-order valence-electron chi connectivity index (χ3n) is 0.167. The Bertz CT molecular complexity index is 146. The van der Waals surface area contributed by atoms with Crippen molar-refractivity contribution in [3.8, 4) is 0 Å². The number of carboxylic acid groups (broad SMARTS) is 3. The fourth-order valence-electron chi connectivity index (χ4n) is 0. The zero-order chi connectivity index (χ0) is 14.1. The summed E-state index contributed by atoms with van der Waals surface area (Å²) in [6.07, 6.45) is 0. The van der Waals surface area contributed by atoms with Crippen LogP contribution in [0.5, 0.6) is 0 Å². The van der Waals surface area contributed by atoms with Crippen LogP contribution in [0.3, 0.4) is 0 Å². The topological polar surface area (TPSA) is 164 Å². The minimum absolute atomic E-state index is 0. The van der Waals surface area contributed by atoms with E-state index in [1.54, 1.807) is 0 Å². The molecule has 0 aromatic carbocycles. The second-order valence-electron chi connectivity index (χ2n) is 2.13. The molecule has 0 unspecified atom stereocenters. The molecule has 0 saturated heterocycles. The van der Waals surface area contributed by atoms with Gasteiger partial charge in [-0.05, 0) is 0 Å². The van der Waals surface area contributed by atoms with Crippen LogP contribution < -0.4 is 11.5 Å². The molecule has 17 heavy (non-hydrogen) atoms. The number of rotatable bonds is 1. The van der Waals surface area contributed by atoms with Crippen LogP contribution in [0.2, 0.25) is 0 Å². The molecule has 0 bridgehead atoms. The first-order valence-electron chi connectivity index (χ1n) is 4.10. The van der Waals surface area contributed by atoms with Gasteiger partial charge in [-0.2, -0.15) is 0 Å². The maximum absolute atomic E-state index is 9.00. The van der Waals surface area contributed by atoms with E-state index in [1.165, 1.54) is 0 Å². The van der Waals surface area contributed by atoms with Gasteiger partial charge in [0.25, 0.3) is 17.9 Å². The molecular weight excluding hydrogens is 285 g/mol. The Morgan fingerprint density at radius 2 is 0.824 bits per heavy atom. The van der Waals surface area contributed by atoms with Crippen LogP contribution >= 0.6 is 0 Å².